The van der Waals surface area contributed by atoms with Crippen LogP contribution >= 0.6 is 0 Å². The zero-order valence-corrected chi connectivity index (χ0v) is 31.9. The first kappa shape index (κ1) is 33.2. The van der Waals surface area contributed by atoms with Gasteiger partial charge in [-0.05, 0) is 97.7 Å². The molecule has 1 aliphatic carbocycles. The highest BCUT2D eigenvalue weighted by Gasteiger charge is 2.38. The van der Waals surface area contributed by atoms with Gasteiger partial charge in [-0.1, -0.05) is 172 Å². The van der Waals surface area contributed by atoms with Crippen molar-refractivity contribution in [1.82, 2.24) is 0 Å². The quantitative estimate of drug-likeness (QED) is 0.169. The highest BCUT2D eigenvalue weighted by atomic mass is 16.3. The van der Waals surface area contributed by atoms with Gasteiger partial charge in [0.1, 0.15) is 11.2 Å². The van der Waals surface area contributed by atoms with Gasteiger partial charge in [0.2, 0.25) is 0 Å². The minimum Gasteiger partial charge on any atom is -0.456 e. The third-order valence-corrected chi connectivity index (χ3v) is 12.1. The van der Waals surface area contributed by atoms with E-state index >= 15 is 0 Å². The zero-order valence-electron chi connectivity index (χ0n) is 31.9. The lowest BCUT2D eigenvalue weighted by Crippen LogP contribution is -2.16. The average molecular weight is 730 g/mol. The first-order chi connectivity index (χ1) is 28.0. The van der Waals surface area contributed by atoms with Crippen LogP contribution in [0, 0.1) is 0 Å². The van der Waals surface area contributed by atoms with Crippen molar-refractivity contribution in [3.8, 4) is 44.5 Å². The Morgan fingerprint density at radius 3 is 1.79 bits per heavy atom. The van der Waals surface area contributed by atoms with Crippen LogP contribution in [0.1, 0.15) is 25.0 Å². The molecule has 1 aromatic heterocycles. The van der Waals surface area contributed by atoms with E-state index in [1.54, 1.807) is 0 Å². The maximum Gasteiger partial charge on any atom is 0.136 e. The number of hydrogen-bond acceptors (Lipinski definition) is 2. The summed E-state index contributed by atoms with van der Waals surface area (Å²) in [6.45, 7) is 4.70. The Balaban J connectivity index is 1.12. The molecule has 1 heterocycles. The second-order valence-corrected chi connectivity index (χ2v) is 15.7. The minimum atomic E-state index is -0.131. The van der Waals surface area contributed by atoms with Gasteiger partial charge in [0.15, 0.2) is 0 Å². The van der Waals surface area contributed by atoms with Crippen molar-refractivity contribution in [3.63, 3.8) is 0 Å². The molecule has 0 atom stereocenters. The SMILES string of the molecule is CC1(C)c2ccccc2-c2c(N(c3ccc(-c4cccc5cccc(-c6ccccc6)c45)cc3)c3ccccc3-c3ccc4c(c3)oc3ccccc34)cccc21. The molecule has 0 fully saturated rings. The van der Waals surface area contributed by atoms with E-state index in [1.807, 2.05) is 12.1 Å². The maximum absolute atomic E-state index is 6.42. The number of rotatable bonds is 6. The summed E-state index contributed by atoms with van der Waals surface area (Å²) >= 11 is 0. The molecule has 10 aromatic rings. The first-order valence-electron chi connectivity index (χ1n) is 19.8. The predicted molar refractivity (Wildman–Crippen MR) is 240 cm³/mol. The summed E-state index contributed by atoms with van der Waals surface area (Å²) in [6, 6.07) is 72.7. The van der Waals surface area contributed by atoms with Crippen molar-refractivity contribution in [2.24, 2.45) is 0 Å². The van der Waals surface area contributed by atoms with Crippen LogP contribution in [-0.4, -0.2) is 0 Å². The van der Waals surface area contributed by atoms with E-state index in [0.29, 0.717) is 0 Å². The van der Waals surface area contributed by atoms with E-state index in [1.165, 1.54) is 55.3 Å². The van der Waals surface area contributed by atoms with Crippen molar-refractivity contribution >= 4 is 49.8 Å². The first-order valence-corrected chi connectivity index (χ1v) is 19.8. The summed E-state index contributed by atoms with van der Waals surface area (Å²) in [7, 11) is 0. The van der Waals surface area contributed by atoms with Crippen LogP contribution in [0.2, 0.25) is 0 Å². The highest BCUT2D eigenvalue weighted by Crippen LogP contribution is 2.55. The van der Waals surface area contributed by atoms with Crippen LogP contribution in [0.4, 0.5) is 17.1 Å². The molecule has 57 heavy (non-hydrogen) atoms. The number of fused-ring (bicyclic) bond motifs is 7. The van der Waals surface area contributed by atoms with Crippen LogP contribution in [0.15, 0.2) is 205 Å². The molecule has 11 rings (SSSR count). The molecule has 0 N–H and O–H groups in total. The van der Waals surface area contributed by atoms with Gasteiger partial charge >= 0.3 is 0 Å². The molecule has 1 aliphatic rings. The Morgan fingerprint density at radius 2 is 0.982 bits per heavy atom. The molecule has 270 valence electrons. The summed E-state index contributed by atoms with van der Waals surface area (Å²) < 4.78 is 6.42. The third kappa shape index (κ3) is 5.25. The molecule has 0 amide bonds. The van der Waals surface area contributed by atoms with Crippen molar-refractivity contribution in [1.29, 1.82) is 0 Å². The Bertz CT molecular complexity index is 3150. The fraction of sp³-hybridized carbons (Fsp3) is 0.0545. The summed E-state index contributed by atoms with van der Waals surface area (Å²) in [4.78, 5) is 2.47. The number of anilines is 3. The van der Waals surface area contributed by atoms with Crippen LogP contribution in [0.3, 0.4) is 0 Å². The van der Waals surface area contributed by atoms with Crippen molar-refractivity contribution in [2.75, 3.05) is 4.90 Å². The molecular formula is C55H39NO. The molecule has 0 unspecified atom stereocenters. The lowest BCUT2D eigenvalue weighted by Gasteiger charge is -2.30. The van der Waals surface area contributed by atoms with Gasteiger partial charge in [-0.15, -0.1) is 0 Å². The van der Waals surface area contributed by atoms with E-state index in [-0.39, 0.29) is 5.41 Å². The van der Waals surface area contributed by atoms with Crippen LogP contribution in [0.5, 0.6) is 0 Å². The molecule has 0 bridgehead atoms. The van der Waals surface area contributed by atoms with Crippen LogP contribution in [-0.2, 0) is 5.41 Å². The lowest BCUT2D eigenvalue weighted by molar-refractivity contribution is 0.660. The van der Waals surface area contributed by atoms with Gasteiger partial charge in [-0.25, -0.2) is 0 Å². The molecule has 0 radical (unpaired) electrons. The number of benzene rings is 9. The summed E-state index contributed by atoms with van der Waals surface area (Å²) in [6.07, 6.45) is 0. The van der Waals surface area contributed by atoms with Crippen molar-refractivity contribution in [2.45, 2.75) is 19.3 Å². The molecule has 9 aromatic carbocycles. The van der Waals surface area contributed by atoms with Gasteiger partial charge in [-0.3, -0.25) is 0 Å². The maximum atomic E-state index is 6.42. The fourth-order valence-corrected chi connectivity index (χ4v) is 9.37. The fourth-order valence-electron chi connectivity index (χ4n) is 9.37. The molecule has 0 spiro atoms. The summed E-state index contributed by atoms with van der Waals surface area (Å²) in [5.41, 5.74) is 17.4. The lowest BCUT2D eigenvalue weighted by atomic mass is 9.82. The average Bonchev–Trinajstić information content (AvgIpc) is 3.76. The van der Waals surface area contributed by atoms with Crippen molar-refractivity contribution < 1.29 is 4.42 Å². The van der Waals surface area contributed by atoms with Gasteiger partial charge in [0.05, 0.1) is 11.4 Å². The molecular weight excluding hydrogens is 691 g/mol. The Morgan fingerprint density at radius 1 is 0.404 bits per heavy atom. The predicted octanol–water partition coefficient (Wildman–Crippen LogP) is 15.5. The normalized spacial score (nSPS) is 12.9. The summed E-state index contributed by atoms with van der Waals surface area (Å²) in [5.74, 6) is 0. The van der Waals surface area contributed by atoms with Crippen LogP contribution in [0.25, 0.3) is 77.2 Å². The number of hydrogen-bond donors (Lipinski definition) is 0. The molecule has 2 nitrogen and oxygen atoms in total. The monoisotopic (exact) mass is 729 g/mol. The van der Waals surface area contributed by atoms with E-state index < -0.39 is 0 Å². The number of furan rings is 1. The second kappa shape index (κ2) is 13.0. The highest BCUT2D eigenvalue weighted by molar-refractivity contribution is 6.08. The standard InChI is InChI=1S/C55H39NO/c1-55(2)47-24-9-6-21-46(47)54-48(55)25-14-27-50(54)56(49-26-10-7-19-41(49)39-31-34-45-44-20-8-11-28-51(44)57-52(45)35-39)40-32-29-37(30-33-40)43-23-13-18-38-17-12-22-42(53(38)43)36-15-4-3-5-16-36/h3-35H,1-2H3. The zero-order chi connectivity index (χ0) is 38.1. The molecule has 0 aliphatic heterocycles. The van der Waals surface area contributed by atoms with E-state index in [9.17, 15) is 0 Å². The van der Waals surface area contributed by atoms with Gasteiger partial charge < -0.3 is 9.32 Å². The molecule has 0 saturated carbocycles. The smallest absolute Gasteiger partial charge is 0.136 e. The van der Waals surface area contributed by atoms with Crippen LogP contribution < -0.4 is 4.90 Å². The van der Waals surface area contributed by atoms with Crippen molar-refractivity contribution in [3.05, 3.63) is 211 Å². The Hall–Kier alpha value is -7.16. The number of para-hydroxylation sites is 2. The summed E-state index contributed by atoms with van der Waals surface area (Å²) in [5, 5.41) is 4.76. The Labute approximate surface area is 332 Å². The number of nitrogens with zero attached hydrogens (tertiary/aromatic N) is 1. The van der Waals surface area contributed by atoms with E-state index in [0.717, 1.165) is 50.1 Å². The minimum absolute atomic E-state index is 0.131. The van der Waals surface area contributed by atoms with Gasteiger partial charge in [0.25, 0.3) is 0 Å². The molecule has 2 heteroatoms. The van der Waals surface area contributed by atoms with Gasteiger partial charge in [-0.2, -0.15) is 0 Å². The Kier molecular flexibility index (Phi) is 7.55. The topological polar surface area (TPSA) is 16.4 Å². The van der Waals surface area contributed by atoms with E-state index in [4.69, 9.17) is 4.42 Å². The van der Waals surface area contributed by atoms with Gasteiger partial charge in [0, 0.05) is 33.0 Å². The largest absolute Gasteiger partial charge is 0.456 e. The molecule has 0 saturated heterocycles. The second-order valence-electron chi connectivity index (χ2n) is 15.7. The van der Waals surface area contributed by atoms with E-state index in [2.05, 4.69) is 207 Å². The third-order valence-electron chi connectivity index (χ3n) is 12.1.